The second-order valence-electron chi connectivity index (χ2n) is 3.03. The van der Waals surface area contributed by atoms with Gasteiger partial charge in [-0.1, -0.05) is 36.5 Å². The van der Waals surface area contributed by atoms with Crippen LogP contribution in [-0.4, -0.2) is 22.8 Å². The van der Waals surface area contributed by atoms with Crippen molar-refractivity contribution < 1.29 is 15.0 Å². The minimum atomic E-state index is -0.738. The average Bonchev–Trinajstić information content (AvgIpc) is 2.20. The standard InChI is InChI=1S/C12H18O3/c13-11-9-7-5-3-1-2-4-6-8-10-12(14)15/h2-5,7,9,13H,1,6,8,10-11H2,(H,14,15). The number of aliphatic carboxylic acids is 1. The summed E-state index contributed by atoms with van der Waals surface area (Å²) < 4.78 is 0. The van der Waals surface area contributed by atoms with Crippen molar-refractivity contribution in [2.24, 2.45) is 0 Å². The maximum atomic E-state index is 10.2. The molecule has 84 valence electrons. The highest BCUT2D eigenvalue weighted by molar-refractivity contribution is 5.66. The van der Waals surface area contributed by atoms with Gasteiger partial charge in [-0.2, -0.15) is 0 Å². The van der Waals surface area contributed by atoms with E-state index in [0.29, 0.717) is 6.42 Å². The second-order valence-corrected chi connectivity index (χ2v) is 3.03. The van der Waals surface area contributed by atoms with E-state index in [2.05, 4.69) is 0 Å². The predicted octanol–water partition coefficient (Wildman–Crippen LogP) is 2.29. The van der Waals surface area contributed by atoms with Crippen LogP contribution in [-0.2, 0) is 4.79 Å². The highest BCUT2D eigenvalue weighted by Crippen LogP contribution is 1.97. The van der Waals surface area contributed by atoms with Crippen LogP contribution in [0.5, 0.6) is 0 Å². The molecule has 15 heavy (non-hydrogen) atoms. The molecule has 0 spiro atoms. The van der Waals surface area contributed by atoms with E-state index in [1.54, 1.807) is 12.2 Å². The Morgan fingerprint density at radius 1 is 1.07 bits per heavy atom. The summed E-state index contributed by atoms with van der Waals surface area (Å²) >= 11 is 0. The first-order valence-corrected chi connectivity index (χ1v) is 5.06. The Kier molecular flexibility index (Phi) is 9.76. The number of aliphatic hydroxyl groups is 1. The largest absolute Gasteiger partial charge is 0.481 e. The van der Waals surface area contributed by atoms with Crippen molar-refractivity contribution in [2.75, 3.05) is 6.61 Å². The fraction of sp³-hybridized carbons (Fsp3) is 0.417. The van der Waals surface area contributed by atoms with E-state index >= 15 is 0 Å². The van der Waals surface area contributed by atoms with Crippen LogP contribution < -0.4 is 0 Å². The molecule has 0 amide bonds. The van der Waals surface area contributed by atoms with Gasteiger partial charge in [0.05, 0.1) is 6.61 Å². The Labute approximate surface area is 90.4 Å². The van der Waals surface area contributed by atoms with Gasteiger partial charge in [-0.15, -0.1) is 0 Å². The molecule has 0 heterocycles. The first kappa shape index (κ1) is 13.7. The van der Waals surface area contributed by atoms with Crippen LogP contribution in [0.2, 0.25) is 0 Å². The van der Waals surface area contributed by atoms with Crippen LogP contribution in [0.1, 0.15) is 25.7 Å². The number of hydrogen-bond acceptors (Lipinski definition) is 2. The van der Waals surface area contributed by atoms with Crippen molar-refractivity contribution >= 4 is 5.97 Å². The molecule has 0 atom stereocenters. The molecule has 2 N–H and O–H groups in total. The maximum absolute atomic E-state index is 10.2. The number of rotatable bonds is 8. The lowest BCUT2D eigenvalue weighted by atomic mass is 10.2. The van der Waals surface area contributed by atoms with Gasteiger partial charge in [0.1, 0.15) is 0 Å². The van der Waals surface area contributed by atoms with Gasteiger partial charge in [0.15, 0.2) is 0 Å². The topological polar surface area (TPSA) is 57.5 Å². The summed E-state index contributed by atoms with van der Waals surface area (Å²) in [6.45, 7) is 0.0648. The molecule has 0 aromatic rings. The molecule has 0 aromatic heterocycles. The molecule has 0 fully saturated rings. The molecule has 3 nitrogen and oxygen atoms in total. The summed E-state index contributed by atoms with van der Waals surface area (Å²) in [4.78, 5) is 10.2. The van der Waals surface area contributed by atoms with Gasteiger partial charge in [0.25, 0.3) is 0 Å². The van der Waals surface area contributed by atoms with Gasteiger partial charge in [0.2, 0.25) is 0 Å². The quantitative estimate of drug-likeness (QED) is 0.367. The fourth-order valence-electron chi connectivity index (χ4n) is 0.960. The minimum absolute atomic E-state index is 0.0648. The van der Waals surface area contributed by atoms with Crippen LogP contribution in [0.15, 0.2) is 36.5 Å². The van der Waals surface area contributed by atoms with E-state index in [0.717, 1.165) is 12.8 Å². The SMILES string of the molecule is O=C(O)CCCC=CCC=CC=CCO. The first-order chi connectivity index (χ1) is 7.27. The van der Waals surface area contributed by atoms with Crippen LogP contribution >= 0.6 is 0 Å². The van der Waals surface area contributed by atoms with E-state index in [-0.39, 0.29) is 13.0 Å². The number of hydrogen-bond donors (Lipinski definition) is 2. The Bertz CT molecular complexity index is 239. The Morgan fingerprint density at radius 3 is 2.47 bits per heavy atom. The molecule has 0 saturated heterocycles. The first-order valence-electron chi connectivity index (χ1n) is 5.06. The number of carbonyl (C=O) groups is 1. The van der Waals surface area contributed by atoms with E-state index in [4.69, 9.17) is 10.2 Å². The van der Waals surface area contributed by atoms with Crippen molar-refractivity contribution in [2.45, 2.75) is 25.7 Å². The third-order valence-electron chi connectivity index (χ3n) is 1.69. The van der Waals surface area contributed by atoms with E-state index < -0.39 is 5.97 Å². The molecule has 0 unspecified atom stereocenters. The molecule has 0 rings (SSSR count). The summed E-state index contributed by atoms with van der Waals surface area (Å²) in [6.07, 6.45) is 13.9. The lowest BCUT2D eigenvalue weighted by molar-refractivity contribution is -0.137. The van der Waals surface area contributed by atoms with Crippen LogP contribution in [0, 0.1) is 0 Å². The molecule has 0 aliphatic carbocycles. The zero-order chi connectivity index (χ0) is 11.4. The lowest BCUT2D eigenvalue weighted by Gasteiger charge is -1.89. The Hall–Kier alpha value is -1.35. The zero-order valence-corrected chi connectivity index (χ0v) is 8.80. The van der Waals surface area contributed by atoms with Gasteiger partial charge >= 0.3 is 5.97 Å². The minimum Gasteiger partial charge on any atom is -0.481 e. The molecule has 3 heteroatoms. The summed E-state index contributed by atoms with van der Waals surface area (Å²) in [5.41, 5.74) is 0. The third-order valence-corrected chi connectivity index (χ3v) is 1.69. The number of aliphatic hydroxyl groups excluding tert-OH is 1. The number of allylic oxidation sites excluding steroid dienone is 5. The average molecular weight is 210 g/mol. The van der Waals surface area contributed by atoms with E-state index in [9.17, 15) is 4.79 Å². The zero-order valence-electron chi connectivity index (χ0n) is 8.80. The molecule has 0 radical (unpaired) electrons. The van der Waals surface area contributed by atoms with E-state index in [1.807, 2.05) is 24.3 Å². The predicted molar refractivity (Wildman–Crippen MR) is 60.6 cm³/mol. The number of carboxylic acid groups (broad SMARTS) is 1. The van der Waals surface area contributed by atoms with E-state index in [1.165, 1.54) is 0 Å². The normalized spacial score (nSPS) is 12.1. The fourth-order valence-corrected chi connectivity index (χ4v) is 0.960. The Balaban J connectivity index is 3.35. The van der Waals surface area contributed by atoms with Crippen LogP contribution in [0.4, 0.5) is 0 Å². The molecule has 0 aliphatic heterocycles. The third kappa shape index (κ3) is 12.6. The Morgan fingerprint density at radius 2 is 1.80 bits per heavy atom. The van der Waals surface area contributed by atoms with Crippen molar-refractivity contribution in [1.29, 1.82) is 0 Å². The highest BCUT2D eigenvalue weighted by Gasteiger charge is 1.92. The highest BCUT2D eigenvalue weighted by atomic mass is 16.4. The maximum Gasteiger partial charge on any atom is 0.303 e. The van der Waals surface area contributed by atoms with Gasteiger partial charge in [-0.05, 0) is 19.3 Å². The summed E-state index contributed by atoms with van der Waals surface area (Å²) in [7, 11) is 0. The van der Waals surface area contributed by atoms with Crippen molar-refractivity contribution in [3.05, 3.63) is 36.5 Å². The summed E-state index contributed by atoms with van der Waals surface area (Å²) in [6, 6.07) is 0. The number of unbranched alkanes of at least 4 members (excludes halogenated alkanes) is 1. The summed E-state index contributed by atoms with van der Waals surface area (Å²) in [5, 5.41) is 16.8. The molecular formula is C12H18O3. The van der Waals surface area contributed by atoms with Gasteiger partial charge in [-0.3, -0.25) is 4.79 Å². The molecular weight excluding hydrogens is 192 g/mol. The molecule has 0 aromatic carbocycles. The molecule has 0 aliphatic rings. The molecule has 0 saturated carbocycles. The van der Waals surface area contributed by atoms with Gasteiger partial charge < -0.3 is 10.2 Å². The van der Waals surface area contributed by atoms with Crippen molar-refractivity contribution in [3.63, 3.8) is 0 Å². The second kappa shape index (κ2) is 10.7. The van der Waals surface area contributed by atoms with Crippen molar-refractivity contribution in [1.82, 2.24) is 0 Å². The molecule has 0 bridgehead atoms. The van der Waals surface area contributed by atoms with Crippen LogP contribution in [0.3, 0.4) is 0 Å². The van der Waals surface area contributed by atoms with Crippen molar-refractivity contribution in [3.8, 4) is 0 Å². The lowest BCUT2D eigenvalue weighted by Crippen LogP contribution is -1.92. The summed E-state index contributed by atoms with van der Waals surface area (Å²) in [5.74, 6) is -0.738. The smallest absolute Gasteiger partial charge is 0.303 e. The van der Waals surface area contributed by atoms with Gasteiger partial charge in [-0.25, -0.2) is 0 Å². The monoisotopic (exact) mass is 210 g/mol. The number of carboxylic acids is 1. The van der Waals surface area contributed by atoms with Gasteiger partial charge in [0, 0.05) is 6.42 Å². The van der Waals surface area contributed by atoms with Crippen LogP contribution in [0.25, 0.3) is 0 Å².